The van der Waals surface area contributed by atoms with Gasteiger partial charge in [-0.2, -0.15) is 0 Å². The van der Waals surface area contributed by atoms with Crippen molar-refractivity contribution in [3.05, 3.63) is 29.3 Å². The van der Waals surface area contributed by atoms with Crippen LogP contribution in [0.2, 0.25) is 0 Å². The topological polar surface area (TPSA) is 57.7 Å². The largest absolute Gasteiger partial charge is 0.341 e. The number of anilines is 1. The lowest BCUT2D eigenvalue weighted by atomic mass is 10.1. The fraction of sp³-hybridized carbons (Fsp3) is 0.588. The molecule has 0 saturated heterocycles. The second-order valence-electron chi connectivity index (χ2n) is 6.56. The van der Waals surface area contributed by atoms with Gasteiger partial charge in [0.05, 0.1) is 11.9 Å². The Hall–Kier alpha value is -1.56. The Balaban J connectivity index is 2.24. The van der Waals surface area contributed by atoms with Crippen molar-refractivity contribution in [1.29, 1.82) is 0 Å². The maximum atomic E-state index is 12.6. The van der Waals surface area contributed by atoms with Gasteiger partial charge in [0.25, 0.3) is 0 Å². The molecule has 0 radical (unpaired) electrons. The summed E-state index contributed by atoms with van der Waals surface area (Å²) in [6, 6.07) is 5.83. The fourth-order valence-corrected chi connectivity index (χ4v) is 4.06. The molecule has 1 saturated carbocycles. The van der Waals surface area contributed by atoms with E-state index in [1.165, 1.54) is 4.31 Å². The van der Waals surface area contributed by atoms with Gasteiger partial charge in [0, 0.05) is 13.1 Å². The van der Waals surface area contributed by atoms with Crippen LogP contribution in [0.1, 0.15) is 36.8 Å². The lowest BCUT2D eigenvalue weighted by Crippen LogP contribution is -2.44. The van der Waals surface area contributed by atoms with Gasteiger partial charge in [0.15, 0.2) is 0 Å². The predicted octanol–water partition coefficient (Wildman–Crippen LogP) is 2.47. The molecule has 1 aliphatic carbocycles. The number of carbonyl (C=O) groups excluding carboxylic acids is 1. The van der Waals surface area contributed by atoms with E-state index in [0.29, 0.717) is 5.69 Å². The zero-order valence-electron chi connectivity index (χ0n) is 14.4. The van der Waals surface area contributed by atoms with E-state index < -0.39 is 10.0 Å². The minimum absolute atomic E-state index is 0.144. The summed E-state index contributed by atoms with van der Waals surface area (Å²) in [5.41, 5.74) is 2.51. The van der Waals surface area contributed by atoms with E-state index in [2.05, 4.69) is 0 Å². The first-order valence-corrected chi connectivity index (χ1v) is 9.85. The zero-order valence-corrected chi connectivity index (χ0v) is 15.2. The number of hydrogen-bond acceptors (Lipinski definition) is 3. The van der Waals surface area contributed by atoms with Crippen molar-refractivity contribution in [3.63, 3.8) is 0 Å². The molecule has 0 atom stereocenters. The second kappa shape index (κ2) is 6.91. The highest BCUT2D eigenvalue weighted by atomic mass is 32.2. The minimum atomic E-state index is -3.52. The van der Waals surface area contributed by atoms with Crippen LogP contribution >= 0.6 is 0 Å². The van der Waals surface area contributed by atoms with E-state index in [4.69, 9.17) is 0 Å². The number of rotatable bonds is 5. The molecule has 128 valence electrons. The monoisotopic (exact) mass is 338 g/mol. The molecule has 1 aromatic rings. The van der Waals surface area contributed by atoms with Crippen molar-refractivity contribution in [2.75, 3.05) is 24.2 Å². The molecule has 23 heavy (non-hydrogen) atoms. The third-order valence-electron chi connectivity index (χ3n) is 4.44. The number of carbonyl (C=O) groups is 1. The van der Waals surface area contributed by atoms with Crippen molar-refractivity contribution >= 4 is 21.6 Å². The van der Waals surface area contributed by atoms with Crippen LogP contribution in [0.4, 0.5) is 5.69 Å². The Morgan fingerprint density at radius 3 is 2.13 bits per heavy atom. The lowest BCUT2D eigenvalue weighted by Gasteiger charge is -2.29. The van der Waals surface area contributed by atoms with Crippen LogP contribution in [-0.2, 0) is 14.8 Å². The molecule has 0 bridgehead atoms. The molecule has 0 heterocycles. The highest BCUT2D eigenvalue weighted by molar-refractivity contribution is 7.92. The molecular formula is C17H26N2O3S. The Labute approximate surface area is 139 Å². The van der Waals surface area contributed by atoms with Gasteiger partial charge in [-0.15, -0.1) is 0 Å². The molecule has 5 nitrogen and oxygen atoms in total. The van der Waals surface area contributed by atoms with E-state index in [0.717, 1.165) is 43.1 Å². The zero-order chi connectivity index (χ0) is 17.2. The second-order valence-corrected chi connectivity index (χ2v) is 8.47. The predicted molar refractivity (Wildman–Crippen MR) is 93.1 cm³/mol. The van der Waals surface area contributed by atoms with E-state index in [1.807, 2.05) is 19.9 Å². The Kier molecular flexibility index (Phi) is 5.34. The number of amides is 1. The summed E-state index contributed by atoms with van der Waals surface area (Å²) < 4.78 is 25.6. The average Bonchev–Trinajstić information content (AvgIpc) is 2.95. The van der Waals surface area contributed by atoms with E-state index in [1.54, 1.807) is 24.1 Å². The fourth-order valence-electron chi connectivity index (χ4n) is 3.22. The number of hydrogen-bond donors (Lipinski definition) is 0. The third kappa shape index (κ3) is 4.47. The van der Waals surface area contributed by atoms with Gasteiger partial charge in [0.2, 0.25) is 15.9 Å². The molecule has 1 aromatic carbocycles. The van der Waals surface area contributed by atoms with Gasteiger partial charge in [-0.3, -0.25) is 9.10 Å². The summed E-state index contributed by atoms with van der Waals surface area (Å²) in [5, 5.41) is 0. The van der Waals surface area contributed by atoms with Gasteiger partial charge < -0.3 is 4.90 Å². The Morgan fingerprint density at radius 1 is 1.13 bits per heavy atom. The maximum Gasteiger partial charge on any atom is 0.243 e. The first-order chi connectivity index (χ1) is 10.7. The van der Waals surface area contributed by atoms with Crippen molar-refractivity contribution in [1.82, 2.24) is 4.90 Å². The van der Waals surface area contributed by atoms with Crippen molar-refractivity contribution in [2.24, 2.45) is 0 Å². The maximum absolute atomic E-state index is 12.6. The highest BCUT2D eigenvalue weighted by Crippen LogP contribution is 2.24. The van der Waals surface area contributed by atoms with Crippen LogP contribution in [0.3, 0.4) is 0 Å². The Bertz CT molecular complexity index is 659. The van der Waals surface area contributed by atoms with Gasteiger partial charge in [-0.1, -0.05) is 18.9 Å². The lowest BCUT2D eigenvalue weighted by molar-refractivity contribution is -0.130. The van der Waals surface area contributed by atoms with Gasteiger partial charge in [0.1, 0.15) is 6.54 Å². The summed E-state index contributed by atoms with van der Waals surface area (Å²) in [6.07, 6.45) is 5.42. The van der Waals surface area contributed by atoms with Crippen LogP contribution in [0.25, 0.3) is 0 Å². The normalized spacial score (nSPS) is 15.7. The SMILES string of the molecule is Cc1cc(C)cc(N(CC(=O)N(C)C2CCCC2)S(C)(=O)=O)c1. The third-order valence-corrected chi connectivity index (χ3v) is 5.58. The molecule has 6 heteroatoms. The number of likely N-dealkylation sites (N-methyl/N-ethyl adjacent to an activating group) is 1. The molecular weight excluding hydrogens is 312 g/mol. The van der Waals surface area contributed by atoms with Crippen LogP contribution < -0.4 is 4.31 Å². The highest BCUT2D eigenvalue weighted by Gasteiger charge is 2.27. The van der Waals surface area contributed by atoms with Crippen LogP contribution in [-0.4, -0.2) is 45.1 Å². The van der Waals surface area contributed by atoms with Gasteiger partial charge in [-0.05, 0) is 49.9 Å². The van der Waals surface area contributed by atoms with Crippen molar-refractivity contribution in [3.8, 4) is 0 Å². The number of nitrogens with zero attached hydrogens (tertiary/aromatic N) is 2. The van der Waals surface area contributed by atoms with Gasteiger partial charge in [-0.25, -0.2) is 8.42 Å². The first-order valence-electron chi connectivity index (χ1n) is 8.00. The average molecular weight is 338 g/mol. The van der Waals surface area contributed by atoms with Gasteiger partial charge >= 0.3 is 0 Å². The molecule has 0 aliphatic heterocycles. The molecule has 0 aromatic heterocycles. The van der Waals surface area contributed by atoms with Crippen LogP contribution in [0.15, 0.2) is 18.2 Å². The molecule has 1 amide bonds. The number of sulfonamides is 1. The van der Waals surface area contributed by atoms with Crippen LogP contribution in [0.5, 0.6) is 0 Å². The molecule has 1 aliphatic rings. The quantitative estimate of drug-likeness (QED) is 0.829. The minimum Gasteiger partial charge on any atom is -0.341 e. The van der Waals surface area contributed by atoms with E-state index >= 15 is 0 Å². The molecule has 1 fully saturated rings. The number of aryl methyl sites for hydroxylation is 2. The smallest absolute Gasteiger partial charge is 0.243 e. The first kappa shape index (κ1) is 17.8. The molecule has 0 spiro atoms. The summed E-state index contributed by atoms with van der Waals surface area (Å²) in [4.78, 5) is 14.3. The summed E-state index contributed by atoms with van der Waals surface area (Å²) >= 11 is 0. The summed E-state index contributed by atoms with van der Waals surface area (Å²) in [6.45, 7) is 3.70. The molecule has 2 rings (SSSR count). The van der Waals surface area contributed by atoms with Crippen molar-refractivity contribution < 1.29 is 13.2 Å². The number of benzene rings is 1. The standard InChI is InChI=1S/C17H26N2O3S/c1-13-9-14(2)11-16(10-13)19(23(4,21)22)12-17(20)18(3)15-7-5-6-8-15/h9-11,15H,5-8,12H2,1-4H3. The van der Waals surface area contributed by atoms with Crippen molar-refractivity contribution in [2.45, 2.75) is 45.6 Å². The Morgan fingerprint density at radius 2 is 1.65 bits per heavy atom. The molecule has 0 N–H and O–H groups in total. The van der Waals surface area contributed by atoms with E-state index in [9.17, 15) is 13.2 Å². The summed E-state index contributed by atoms with van der Waals surface area (Å²) in [7, 11) is -1.74. The summed E-state index contributed by atoms with van der Waals surface area (Å²) in [5.74, 6) is -0.151. The molecule has 0 unspecified atom stereocenters. The van der Waals surface area contributed by atoms with E-state index in [-0.39, 0.29) is 18.5 Å². The van der Waals surface area contributed by atoms with Crippen LogP contribution in [0, 0.1) is 13.8 Å².